The molecule has 1 heterocycles. The Hall–Kier alpha value is -2.86. The maximum atomic E-state index is 12.2. The van der Waals surface area contributed by atoms with Crippen LogP contribution >= 0.6 is 11.6 Å². The van der Waals surface area contributed by atoms with Crippen molar-refractivity contribution in [3.63, 3.8) is 0 Å². The lowest BCUT2D eigenvalue weighted by Gasteiger charge is -2.13. The predicted molar refractivity (Wildman–Crippen MR) is 101 cm³/mol. The van der Waals surface area contributed by atoms with Gasteiger partial charge in [-0.3, -0.25) is 0 Å². The smallest absolute Gasteiger partial charge is 0.319 e. The van der Waals surface area contributed by atoms with Gasteiger partial charge in [0.05, 0.1) is 0 Å². The van der Waals surface area contributed by atoms with Crippen LogP contribution in [0, 0.1) is 13.8 Å². The van der Waals surface area contributed by atoms with Crippen LogP contribution in [0.2, 0.25) is 5.02 Å². The van der Waals surface area contributed by atoms with Crippen molar-refractivity contribution in [2.45, 2.75) is 26.8 Å². The normalized spacial score (nSPS) is 11.8. The van der Waals surface area contributed by atoms with E-state index in [1.54, 1.807) is 19.1 Å². The first-order valence-corrected chi connectivity index (χ1v) is 8.54. The summed E-state index contributed by atoms with van der Waals surface area (Å²) in [4.78, 5) is 16.6. The van der Waals surface area contributed by atoms with Crippen LogP contribution in [0.4, 0.5) is 10.5 Å². The van der Waals surface area contributed by atoms with Crippen molar-refractivity contribution >= 4 is 23.3 Å². The molecule has 3 aromatic rings. The monoisotopic (exact) mass is 370 g/mol. The Bertz CT molecular complexity index is 939. The fourth-order valence-corrected chi connectivity index (χ4v) is 2.72. The van der Waals surface area contributed by atoms with Gasteiger partial charge in [0.15, 0.2) is 0 Å². The largest absolute Gasteiger partial charge is 0.337 e. The average Bonchev–Trinajstić information content (AvgIpc) is 3.08. The number of urea groups is 1. The number of carbonyl (C=O) groups excluding carboxylic acids is 1. The molecule has 0 radical (unpaired) electrons. The summed E-state index contributed by atoms with van der Waals surface area (Å²) in [7, 11) is 0. The summed E-state index contributed by atoms with van der Waals surface area (Å²) < 4.78 is 5.26. The zero-order valence-corrected chi connectivity index (χ0v) is 15.5. The van der Waals surface area contributed by atoms with E-state index in [4.69, 9.17) is 16.1 Å². The number of hydrogen-bond acceptors (Lipinski definition) is 4. The van der Waals surface area contributed by atoms with Gasteiger partial charge in [-0.15, -0.1) is 0 Å². The number of amides is 2. The van der Waals surface area contributed by atoms with Gasteiger partial charge in [0, 0.05) is 16.3 Å². The molecule has 1 aromatic heterocycles. The SMILES string of the molecule is Cc1ccc(NC(=O)NC(C)c2nc(-c3cccc(Cl)c3)no2)c(C)c1. The van der Waals surface area contributed by atoms with Crippen LogP contribution in [0.25, 0.3) is 11.4 Å². The maximum Gasteiger partial charge on any atom is 0.319 e. The molecule has 0 fully saturated rings. The molecule has 7 heteroatoms. The highest BCUT2D eigenvalue weighted by atomic mass is 35.5. The first-order chi connectivity index (χ1) is 12.4. The molecule has 1 atom stereocenters. The Balaban J connectivity index is 1.66. The van der Waals surface area contributed by atoms with E-state index < -0.39 is 6.04 Å². The zero-order valence-electron chi connectivity index (χ0n) is 14.7. The molecule has 0 bridgehead atoms. The third-order valence-corrected chi connectivity index (χ3v) is 4.11. The number of rotatable bonds is 4. The molecule has 0 spiro atoms. The molecular weight excluding hydrogens is 352 g/mol. The molecule has 0 saturated heterocycles. The van der Waals surface area contributed by atoms with E-state index in [0.717, 1.165) is 22.4 Å². The number of benzene rings is 2. The molecule has 0 aliphatic rings. The fourth-order valence-electron chi connectivity index (χ4n) is 2.53. The minimum absolute atomic E-state index is 0.316. The molecular formula is C19H19ClN4O2. The van der Waals surface area contributed by atoms with E-state index >= 15 is 0 Å². The van der Waals surface area contributed by atoms with E-state index in [9.17, 15) is 4.79 Å². The number of halogens is 1. The molecule has 0 aliphatic heterocycles. The third kappa shape index (κ3) is 4.21. The molecule has 134 valence electrons. The van der Waals surface area contributed by atoms with Gasteiger partial charge in [-0.05, 0) is 44.5 Å². The highest BCUT2D eigenvalue weighted by Gasteiger charge is 2.18. The lowest BCUT2D eigenvalue weighted by molar-refractivity contribution is 0.245. The Labute approximate surface area is 156 Å². The number of hydrogen-bond donors (Lipinski definition) is 2. The van der Waals surface area contributed by atoms with Gasteiger partial charge in [0.2, 0.25) is 11.7 Å². The number of aromatic nitrogens is 2. The van der Waals surface area contributed by atoms with Gasteiger partial charge >= 0.3 is 6.03 Å². The minimum Gasteiger partial charge on any atom is -0.337 e. The number of carbonyl (C=O) groups is 1. The van der Waals surface area contributed by atoms with Crippen LogP contribution in [-0.2, 0) is 0 Å². The van der Waals surface area contributed by atoms with Gasteiger partial charge in [0.25, 0.3) is 0 Å². The van der Waals surface area contributed by atoms with Gasteiger partial charge in [0.1, 0.15) is 6.04 Å². The van der Waals surface area contributed by atoms with Crippen LogP contribution in [-0.4, -0.2) is 16.2 Å². The van der Waals surface area contributed by atoms with Gasteiger partial charge in [-0.25, -0.2) is 4.79 Å². The van der Waals surface area contributed by atoms with Gasteiger partial charge < -0.3 is 15.2 Å². The molecule has 2 amide bonds. The number of anilines is 1. The quantitative estimate of drug-likeness (QED) is 0.685. The van der Waals surface area contributed by atoms with Crippen molar-refractivity contribution < 1.29 is 9.32 Å². The van der Waals surface area contributed by atoms with E-state index in [-0.39, 0.29) is 6.03 Å². The number of nitrogens with one attached hydrogen (secondary N) is 2. The highest BCUT2D eigenvalue weighted by molar-refractivity contribution is 6.30. The lowest BCUT2D eigenvalue weighted by atomic mass is 10.1. The summed E-state index contributed by atoms with van der Waals surface area (Å²) in [5, 5.41) is 10.2. The van der Waals surface area contributed by atoms with E-state index in [1.807, 2.05) is 44.2 Å². The Morgan fingerprint density at radius 3 is 2.73 bits per heavy atom. The van der Waals surface area contributed by atoms with Crippen LogP contribution < -0.4 is 10.6 Å². The van der Waals surface area contributed by atoms with Gasteiger partial charge in [-0.1, -0.05) is 46.6 Å². The first-order valence-electron chi connectivity index (χ1n) is 8.16. The molecule has 26 heavy (non-hydrogen) atoms. The summed E-state index contributed by atoms with van der Waals surface area (Å²) in [5.41, 5.74) is 3.64. The summed E-state index contributed by atoms with van der Waals surface area (Å²) in [6, 6.07) is 12.2. The molecule has 0 saturated carbocycles. The van der Waals surface area contributed by atoms with Crippen molar-refractivity contribution in [2.75, 3.05) is 5.32 Å². The van der Waals surface area contributed by atoms with Crippen molar-refractivity contribution in [3.05, 3.63) is 64.5 Å². The zero-order chi connectivity index (χ0) is 18.7. The van der Waals surface area contributed by atoms with Crippen LogP contribution in [0.5, 0.6) is 0 Å². The fraction of sp³-hybridized carbons (Fsp3) is 0.211. The third-order valence-electron chi connectivity index (χ3n) is 3.87. The molecule has 2 N–H and O–H groups in total. The summed E-state index contributed by atoms with van der Waals surface area (Å²) in [6.07, 6.45) is 0. The van der Waals surface area contributed by atoms with Gasteiger partial charge in [-0.2, -0.15) is 4.98 Å². The van der Waals surface area contributed by atoms with Crippen molar-refractivity contribution in [1.29, 1.82) is 0 Å². The predicted octanol–water partition coefficient (Wildman–Crippen LogP) is 4.89. The Morgan fingerprint density at radius 1 is 1.19 bits per heavy atom. The first kappa shape index (κ1) is 17.9. The Morgan fingerprint density at radius 2 is 2.00 bits per heavy atom. The Kier molecular flexibility index (Phi) is 5.23. The van der Waals surface area contributed by atoms with E-state index in [0.29, 0.717) is 16.7 Å². The minimum atomic E-state index is -0.443. The van der Waals surface area contributed by atoms with Crippen LogP contribution in [0.3, 0.4) is 0 Å². The van der Waals surface area contributed by atoms with Crippen LogP contribution in [0.15, 0.2) is 47.0 Å². The second-order valence-electron chi connectivity index (χ2n) is 6.11. The standard InChI is InChI=1S/C19H19ClN4O2/c1-11-7-8-16(12(2)9-11)22-19(25)21-13(3)18-23-17(24-26-18)14-5-4-6-15(20)10-14/h4-10,13H,1-3H3,(H2,21,22,25). The lowest BCUT2D eigenvalue weighted by Crippen LogP contribution is -2.31. The summed E-state index contributed by atoms with van der Waals surface area (Å²) >= 11 is 5.98. The van der Waals surface area contributed by atoms with E-state index in [2.05, 4.69) is 20.8 Å². The molecule has 6 nitrogen and oxygen atoms in total. The van der Waals surface area contributed by atoms with Crippen molar-refractivity contribution in [3.8, 4) is 11.4 Å². The molecule has 1 unspecified atom stereocenters. The van der Waals surface area contributed by atoms with Crippen LogP contribution in [0.1, 0.15) is 30.0 Å². The topological polar surface area (TPSA) is 80.0 Å². The number of aryl methyl sites for hydroxylation is 2. The molecule has 3 rings (SSSR count). The molecule has 0 aliphatic carbocycles. The average molecular weight is 371 g/mol. The second kappa shape index (κ2) is 7.58. The highest BCUT2D eigenvalue weighted by Crippen LogP contribution is 2.22. The number of nitrogens with zero attached hydrogens (tertiary/aromatic N) is 2. The maximum absolute atomic E-state index is 12.2. The summed E-state index contributed by atoms with van der Waals surface area (Å²) in [6.45, 7) is 5.73. The van der Waals surface area contributed by atoms with Crippen molar-refractivity contribution in [2.24, 2.45) is 0 Å². The second-order valence-corrected chi connectivity index (χ2v) is 6.54. The summed E-state index contributed by atoms with van der Waals surface area (Å²) in [5.74, 6) is 0.738. The van der Waals surface area contributed by atoms with Crippen molar-refractivity contribution in [1.82, 2.24) is 15.5 Å². The molecule has 2 aromatic carbocycles. The van der Waals surface area contributed by atoms with E-state index in [1.165, 1.54) is 0 Å².